The second-order valence-corrected chi connectivity index (χ2v) is 13.2. The summed E-state index contributed by atoms with van der Waals surface area (Å²) in [6, 6.07) is 6.40. The zero-order chi connectivity index (χ0) is 31.3. The van der Waals surface area contributed by atoms with E-state index in [1.807, 2.05) is 48.5 Å². The van der Waals surface area contributed by atoms with Crippen molar-refractivity contribution < 1.29 is 32.4 Å². The van der Waals surface area contributed by atoms with Gasteiger partial charge in [-0.05, 0) is 85.0 Å². The molecule has 5 rings (SSSR count). The summed E-state index contributed by atoms with van der Waals surface area (Å²) in [5, 5.41) is 0. The third-order valence-electron chi connectivity index (χ3n) is 8.31. The van der Waals surface area contributed by atoms with Gasteiger partial charge in [-0.1, -0.05) is 6.07 Å². The van der Waals surface area contributed by atoms with E-state index in [1.165, 1.54) is 13.2 Å². The Morgan fingerprint density at radius 3 is 2.44 bits per heavy atom. The van der Waals surface area contributed by atoms with Crippen LogP contribution in [0.2, 0.25) is 0 Å². The van der Waals surface area contributed by atoms with E-state index in [0.717, 1.165) is 12.8 Å². The van der Waals surface area contributed by atoms with E-state index >= 15 is 0 Å². The van der Waals surface area contributed by atoms with Crippen molar-refractivity contribution in [2.75, 3.05) is 20.2 Å². The first-order valence-corrected chi connectivity index (χ1v) is 14.6. The van der Waals surface area contributed by atoms with Crippen molar-refractivity contribution in [3.8, 4) is 17.0 Å². The molecule has 0 N–H and O–H groups in total. The number of ether oxygens (including phenoxy) is 2. The number of alkyl halides is 2. The molecule has 2 saturated heterocycles. The normalized spacial score (nSPS) is 20.1. The fourth-order valence-electron chi connectivity index (χ4n) is 5.34. The van der Waals surface area contributed by atoms with Crippen LogP contribution in [0.15, 0.2) is 30.5 Å². The summed E-state index contributed by atoms with van der Waals surface area (Å²) in [5.74, 6) is 0.160. The van der Waals surface area contributed by atoms with Crippen LogP contribution < -0.4 is 10.2 Å². The molecule has 12 heteroatoms. The maximum atomic E-state index is 14.6. The first kappa shape index (κ1) is 31.1. The number of carbonyl (C=O) groups excluding carboxylic acids is 1. The average molecular weight is 596 g/mol. The van der Waals surface area contributed by atoms with Gasteiger partial charge < -0.3 is 23.7 Å². The minimum absolute atomic E-state index is 0.0611. The number of methoxy groups -OCH3 is 1. The highest BCUT2D eigenvalue weighted by atomic mass is 19.3. The van der Waals surface area contributed by atoms with Gasteiger partial charge in [-0.3, -0.25) is 4.98 Å². The number of piperidine rings is 1. The van der Waals surface area contributed by atoms with Crippen LogP contribution in [0.4, 0.5) is 13.6 Å². The molecule has 2 aromatic heterocycles. The summed E-state index contributed by atoms with van der Waals surface area (Å²) in [6.45, 7) is 14.2. The van der Waals surface area contributed by atoms with Crippen molar-refractivity contribution in [2.45, 2.75) is 90.5 Å². The fraction of sp³-hybridized carbons (Fsp3) is 0.548. The SMILES string of the molecule is COc1cc(B2OC(C)(C)C(C)(C)O2)cc(C(F)F)c1-c1ccc2ncc([C@@H]3CCCN(C(=O)OC(C)(C)C)C3)nc2n1. The summed E-state index contributed by atoms with van der Waals surface area (Å²) in [5.41, 5.74) is 0.312. The van der Waals surface area contributed by atoms with Crippen molar-refractivity contribution in [1.29, 1.82) is 0 Å². The van der Waals surface area contributed by atoms with E-state index in [2.05, 4.69) is 9.97 Å². The van der Waals surface area contributed by atoms with Gasteiger partial charge in [0.05, 0.1) is 35.3 Å². The summed E-state index contributed by atoms with van der Waals surface area (Å²) in [4.78, 5) is 28.4. The summed E-state index contributed by atoms with van der Waals surface area (Å²) in [7, 11) is 0.597. The van der Waals surface area contributed by atoms with Gasteiger partial charge in [0.25, 0.3) is 6.43 Å². The number of nitrogens with zero attached hydrogens (tertiary/aromatic N) is 4. The second-order valence-electron chi connectivity index (χ2n) is 13.2. The van der Waals surface area contributed by atoms with Gasteiger partial charge >= 0.3 is 13.2 Å². The Balaban J connectivity index is 1.49. The van der Waals surface area contributed by atoms with E-state index in [0.29, 0.717) is 35.4 Å². The van der Waals surface area contributed by atoms with Crippen molar-refractivity contribution >= 4 is 29.8 Å². The number of halogens is 2. The molecular weight excluding hydrogens is 557 g/mol. The first-order valence-electron chi connectivity index (χ1n) is 14.6. The van der Waals surface area contributed by atoms with E-state index in [1.54, 1.807) is 29.3 Å². The third-order valence-corrected chi connectivity index (χ3v) is 8.31. The quantitative estimate of drug-likeness (QED) is 0.329. The number of hydrogen-bond donors (Lipinski definition) is 0. The zero-order valence-corrected chi connectivity index (χ0v) is 26.0. The maximum Gasteiger partial charge on any atom is 0.494 e. The number of rotatable bonds is 5. The first-order chi connectivity index (χ1) is 20.1. The number of carbonyl (C=O) groups is 1. The number of amides is 1. The van der Waals surface area contributed by atoms with E-state index in [9.17, 15) is 13.6 Å². The maximum absolute atomic E-state index is 14.6. The van der Waals surface area contributed by atoms with E-state index in [-0.39, 0.29) is 34.6 Å². The second kappa shape index (κ2) is 11.3. The number of hydrogen-bond acceptors (Lipinski definition) is 8. The Hall–Kier alpha value is -3.38. The Morgan fingerprint density at radius 1 is 1.12 bits per heavy atom. The predicted molar refractivity (Wildman–Crippen MR) is 160 cm³/mol. The van der Waals surface area contributed by atoms with Gasteiger partial charge in [-0.25, -0.2) is 23.5 Å². The molecule has 230 valence electrons. The van der Waals surface area contributed by atoms with E-state index < -0.39 is 30.3 Å². The number of pyridine rings is 1. The van der Waals surface area contributed by atoms with Gasteiger partial charge in [-0.2, -0.15) is 0 Å². The lowest BCUT2D eigenvalue weighted by molar-refractivity contribution is 0.00578. The monoisotopic (exact) mass is 596 g/mol. The van der Waals surface area contributed by atoms with Crippen molar-refractivity contribution in [3.63, 3.8) is 0 Å². The topological polar surface area (TPSA) is 95.9 Å². The van der Waals surface area contributed by atoms with Crippen LogP contribution in [0.1, 0.15) is 84.9 Å². The predicted octanol–water partition coefficient (Wildman–Crippen LogP) is 6.05. The molecule has 4 heterocycles. The molecule has 2 aliphatic heterocycles. The summed E-state index contributed by atoms with van der Waals surface area (Å²) < 4.78 is 52.6. The van der Waals surface area contributed by atoms with Crippen LogP contribution in [0.5, 0.6) is 5.75 Å². The lowest BCUT2D eigenvalue weighted by Crippen LogP contribution is -2.42. The number of benzene rings is 1. The molecule has 0 radical (unpaired) electrons. The molecule has 0 aliphatic carbocycles. The molecule has 2 fully saturated rings. The van der Waals surface area contributed by atoms with Crippen molar-refractivity contribution in [2.24, 2.45) is 0 Å². The average Bonchev–Trinajstić information content (AvgIpc) is 3.17. The molecule has 0 bridgehead atoms. The largest absolute Gasteiger partial charge is 0.496 e. The molecule has 1 amide bonds. The van der Waals surface area contributed by atoms with Crippen LogP contribution in [0, 0.1) is 0 Å². The number of aromatic nitrogens is 3. The summed E-state index contributed by atoms with van der Waals surface area (Å²) in [6.07, 6.45) is 0.130. The minimum atomic E-state index is -2.82. The molecule has 0 spiro atoms. The molecule has 1 atom stereocenters. The highest BCUT2D eigenvalue weighted by molar-refractivity contribution is 6.62. The van der Waals surface area contributed by atoms with Crippen LogP contribution in [-0.4, -0.2) is 70.1 Å². The van der Waals surface area contributed by atoms with Crippen LogP contribution >= 0.6 is 0 Å². The standard InChI is InChI=1S/C31H39BF2N4O5/c1-29(2,3)41-28(39)38-13-9-10-18(17-38)23-16-35-22-12-11-21(36-27(22)37-23)25-20(26(33)34)14-19(15-24(25)40-8)32-42-30(4,5)31(6,7)43-32/h11-12,14-16,18,26H,9-10,13,17H2,1-8H3/t18-/m1/s1. The lowest BCUT2D eigenvalue weighted by Gasteiger charge is -2.33. The highest BCUT2D eigenvalue weighted by Gasteiger charge is 2.52. The third kappa shape index (κ3) is 6.31. The molecule has 9 nitrogen and oxygen atoms in total. The molecule has 1 aromatic carbocycles. The lowest BCUT2D eigenvalue weighted by atomic mass is 9.77. The Morgan fingerprint density at radius 2 is 1.81 bits per heavy atom. The van der Waals surface area contributed by atoms with Gasteiger partial charge in [0.2, 0.25) is 0 Å². The fourth-order valence-corrected chi connectivity index (χ4v) is 5.34. The van der Waals surface area contributed by atoms with Crippen molar-refractivity contribution in [1.82, 2.24) is 19.9 Å². The molecule has 43 heavy (non-hydrogen) atoms. The van der Waals surface area contributed by atoms with Crippen LogP contribution in [-0.2, 0) is 14.0 Å². The van der Waals surface area contributed by atoms with Gasteiger partial charge in [0, 0.05) is 30.8 Å². The minimum Gasteiger partial charge on any atom is -0.496 e. The molecule has 0 unspecified atom stereocenters. The Kier molecular flexibility index (Phi) is 8.15. The van der Waals surface area contributed by atoms with Crippen LogP contribution in [0.3, 0.4) is 0 Å². The molecule has 0 saturated carbocycles. The molecule has 3 aromatic rings. The van der Waals surface area contributed by atoms with Gasteiger partial charge in [0.1, 0.15) is 16.9 Å². The van der Waals surface area contributed by atoms with Gasteiger partial charge in [0.15, 0.2) is 5.65 Å². The molecule has 2 aliphatic rings. The number of likely N-dealkylation sites (tertiary alicyclic amines) is 1. The van der Waals surface area contributed by atoms with Crippen LogP contribution in [0.25, 0.3) is 22.4 Å². The van der Waals surface area contributed by atoms with Gasteiger partial charge in [-0.15, -0.1) is 0 Å². The highest BCUT2D eigenvalue weighted by Crippen LogP contribution is 2.40. The molecular formula is C31H39BF2N4O5. The number of fused-ring (bicyclic) bond motifs is 1. The Bertz CT molecular complexity index is 1510. The zero-order valence-electron chi connectivity index (χ0n) is 26.0. The Labute approximate surface area is 251 Å². The van der Waals surface area contributed by atoms with Crippen molar-refractivity contribution in [3.05, 3.63) is 41.7 Å². The summed E-state index contributed by atoms with van der Waals surface area (Å²) >= 11 is 0. The van der Waals surface area contributed by atoms with E-state index in [4.69, 9.17) is 23.8 Å². The smallest absolute Gasteiger partial charge is 0.494 e.